The van der Waals surface area contributed by atoms with Crippen LogP contribution in [-0.2, 0) is 28.7 Å². The van der Waals surface area contributed by atoms with Crippen molar-refractivity contribution >= 4 is 58.6 Å². The van der Waals surface area contributed by atoms with Gasteiger partial charge >= 0.3 is 23.9 Å². The van der Waals surface area contributed by atoms with Crippen LogP contribution in [0.1, 0.15) is 85.9 Å². The number of carbonyl (C=O) groups excluding carboxylic acids is 6. The smallest absolute Gasteiger partial charge is 0.338 e. The molecule has 1 aliphatic carbocycles. The number of ketones is 2. The number of hydrogen-bond acceptors (Lipinski definition) is 10. The second kappa shape index (κ2) is 18.3. The van der Waals surface area contributed by atoms with Crippen molar-refractivity contribution in [3.05, 3.63) is 81.9 Å². The van der Waals surface area contributed by atoms with Crippen LogP contribution in [0.4, 0.5) is 0 Å². The van der Waals surface area contributed by atoms with Gasteiger partial charge in [-0.2, -0.15) is 0 Å². The van der Waals surface area contributed by atoms with Gasteiger partial charge in [0.15, 0.2) is 11.6 Å². The molecule has 3 rings (SSSR count). The van der Waals surface area contributed by atoms with Gasteiger partial charge in [0, 0.05) is 11.1 Å². The summed E-state index contributed by atoms with van der Waals surface area (Å²) in [7, 11) is 0. The molecule has 1 fully saturated rings. The maximum atomic E-state index is 12.9. The first kappa shape index (κ1) is 38.2. The minimum absolute atomic E-state index is 0.0566. The number of halogens is 2. The Morgan fingerprint density at radius 3 is 1.65 bits per heavy atom. The molecular weight excluding hydrogens is 663 g/mol. The van der Waals surface area contributed by atoms with E-state index in [0.29, 0.717) is 50.5 Å². The van der Waals surface area contributed by atoms with E-state index in [-0.39, 0.29) is 63.7 Å². The molecule has 0 bridgehead atoms. The highest BCUT2D eigenvalue weighted by molar-refractivity contribution is 6.33. The molecule has 2 aromatic rings. The van der Waals surface area contributed by atoms with Crippen molar-refractivity contribution in [1.29, 1.82) is 0 Å². The average molecular weight is 702 g/mol. The first-order chi connectivity index (χ1) is 22.8. The van der Waals surface area contributed by atoms with E-state index in [0.717, 1.165) is 0 Å². The number of rotatable bonds is 16. The predicted octanol–water partition coefficient (Wildman–Crippen LogP) is 7.48. The zero-order valence-corrected chi connectivity index (χ0v) is 28.5. The van der Waals surface area contributed by atoms with Gasteiger partial charge in [-0.25, -0.2) is 9.59 Å². The summed E-state index contributed by atoms with van der Waals surface area (Å²) in [4.78, 5) is 73.6. The summed E-state index contributed by atoms with van der Waals surface area (Å²) in [6.45, 7) is 10.6. The fourth-order valence-electron chi connectivity index (χ4n) is 4.73. The van der Waals surface area contributed by atoms with Gasteiger partial charge in [-0.05, 0) is 101 Å². The first-order valence-corrected chi connectivity index (χ1v) is 16.3. The van der Waals surface area contributed by atoms with Crippen LogP contribution in [0.5, 0.6) is 11.5 Å². The highest BCUT2D eigenvalue weighted by atomic mass is 35.5. The van der Waals surface area contributed by atoms with Crippen molar-refractivity contribution in [3.63, 3.8) is 0 Å². The van der Waals surface area contributed by atoms with Crippen LogP contribution in [-0.4, -0.2) is 48.7 Å². The largest absolute Gasteiger partial charge is 0.462 e. The maximum absolute atomic E-state index is 12.9. The van der Waals surface area contributed by atoms with E-state index in [2.05, 4.69) is 13.2 Å². The first-order valence-electron chi connectivity index (χ1n) is 15.5. The molecule has 10 nitrogen and oxygen atoms in total. The molecule has 1 aliphatic rings. The lowest BCUT2D eigenvalue weighted by Crippen LogP contribution is -2.30. The summed E-state index contributed by atoms with van der Waals surface area (Å²) in [5, 5.41) is 0.127. The van der Waals surface area contributed by atoms with Gasteiger partial charge in [-0.3, -0.25) is 19.2 Å². The molecule has 0 amide bonds. The summed E-state index contributed by atoms with van der Waals surface area (Å²) in [6.07, 6.45) is 3.12. The SMILES string of the molecule is C=C(C)C(=O)CC(=O)c1ccc(OC(=O)C2CCC(C(=O)Oc3ccc(C(=O)OCCCCCOC(=O)C(=C)C)cc3Cl)CC2)c(Cl)c1. The summed E-state index contributed by atoms with van der Waals surface area (Å²) < 4.78 is 21.3. The van der Waals surface area contributed by atoms with E-state index in [1.807, 2.05) is 0 Å². The summed E-state index contributed by atoms with van der Waals surface area (Å²) in [5.74, 6) is -3.54. The van der Waals surface area contributed by atoms with E-state index in [1.54, 1.807) is 6.92 Å². The van der Waals surface area contributed by atoms with Crippen molar-refractivity contribution in [2.24, 2.45) is 11.8 Å². The van der Waals surface area contributed by atoms with E-state index >= 15 is 0 Å². The van der Waals surface area contributed by atoms with Gasteiger partial charge in [0.25, 0.3) is 0 Å². The zero-order chi connectivity index (χ0) is 35.4. The number of benzene rings is 2. The van der Waals surface area contributed by atoms with Gasteiger partial charge in [0.2, 0.25) is 0 Å². The van der Waals surface area contributed by atoms with Crippen molar-refractivity contribution in [1.82, 2.24) is 0 Å². The number of ether oxygens (including phenoxy) is 4. The Kier molecular flexibility index (Phi) is 14.6. The molecule has 1 saturated carbocycles. The van der Waals surface area contributed by atoms with E-state index in [1.165, 1.54) is 43.3 Å². The standard InChI is InChI=1S/C36H38Cl2O10/c1-21(2)29(39)20-30(40)25-12-14-31(27(37)18-25)47-35(43)23-8-10-24(11-9-23)36(44)48-32-15-13-26(19-28(32)38)34(42)46-17-7-5-6-16-45-33(41)22(3)4/h12-15,18-19,23-24H,1,3,5-11,16-17,20H2,2,4H3. The Hall–Kier alpha value is -4.28. The molecule has 0 saturated heterocycles. The van der Waals surface area contributed by atoms with Crippen LogP contribution in [0.3, 0.4) is 0 Å². The molecule has 12 heteroatoms. The number of esters is 4. The third kappa shape index (κ3) is 11.5. The highest BCUT2D eigenvalue weighted by Crippen LogP contribution is 2.34. The molecule has 0 unspecified atom stereocenters. The molecule has 0 radical (unpaired) electrons. The van der Waals surface area contributed by atoms with Crippen molar-refractivity contribution in [3.8, 4) is 11.5 Å². The molecule has 0 heterocycles. The van der Waals surface area contributed by atoms with E-state index in [4.69, 9.17) is 42.1 Å². The second-order valence-corrected chi connectivity index (χ2v) is 12.4. The molecule has 0 spiro atoms. The molecule has 0 atom stereocenters. The monoisotopic (exact) mass is 700 g/mol. The van der Waals surface area contributed by atoms with Crippen LogP contribution in [0.25, 0.3) is 0 Å². The zero-order valence-electron chi connectivity index (χ0n) is 26.9. The molecule has 48 heavy (non-hydrogen) atoms. The number of unbranched alkanes of at least 4 members (excludes halogenated alkanes) is 2. The van der Waals surface area contributed by atoms with Gasteiger partial charge in [-0.15, -0.1) is 0 Å². The molecule has 256 valence electrons. The summed E-state index contributed by atoms with van der Waals surface area (Å²) in [5.41, 5.74) is 1.04. The topological polar surface area (TPSA) is 139 Å². The fraction of sp³-hybridized carbons (Fsp3) is 0.389. The Bertz CT molecular complexity index is 1590. The van der Waals surface area contributed by atoms with Gasteiger partial charge < -0.3 is 18.9 Å². The lowest BCUT2D eigenvalue weighted by atomic mass is 9.82. The maximum Gasteiger partial charge on any atom is 0.338 e. The lowest BCUT2D eigenvalue weighted by molar-refractivity contribution is -0.145. The molecule has 0 aliphatic heterocycles. The van der Waals surface area contributed by atoms with Gasteiger partial charge in [-0.1, -0.05) is 36.4 Å². The van der Waals surface area contributed by atoms with Gasteiger partial charge in [0.1, 0.15) is 11.5 Å². The predicted molar refractivity (Wildman–Crippen MR) is 178 cm³/mol. The normalized spacial score (nSPS) is 15.5. The van der Waals surface area contributed by atoms with Crippen LogP contribution < -0.4 is 9.47 Å². The van der Waals surface area contributed by atoms with Crippen molar-refractivity contribution < 1.29 is 47.7 Å². The quantitative estimate of drug-likeness (QED) is 0.0432. The fourth-order valence-corrected chi connectivity index (χ4v) is 5.17. The van der Waals surface area contributed by atoms with Crippen molar-refractivity contribution in [2.45, 2.75) is 65.2 Å². The number of Topliss-reactive ketones (excluding diaryl/α,β-unsaturated/α-hetero) is 2. The minimum atomic E-state index is -0.575. The third-order valence-corrected chi connectivity index (χ3v) is 8.23. The van der Waals surface area contributed by atoms with Crippen molar-refractivity contribution in [2.75, 3.05) is 13.2 Å². The van der Waals surface area contributed by atoms with Gasteiger partial charge in [0.05, 0.1) is 47.1 Å². The third-order valence-electron chi connectivity index (χ3n) is 7.64. The number of allylic oxidation sites excluding steroid dienone is 1. The van der Waals surface area contributed by atoms with Crippen LogP contribution in [0, 0.1) is 11.8 Å². The Balaban J connectivity index is 1.41. The Morgan fingerprint density at radius 1 is 0.688 bits per heavy atom. The summed E-state index contributed by atoms with van der Waals surface area (Å²) >= 11 is 12.5. The number of carbonyl (C=O) groups is 6. The molecule has 0 N–H and O–H groups in total. The summed E-state index contributed by atoms with van der Waals surface area (Å²) in [6, 6.07) is 8.45. The van der Waals surface area contributed by atoms with Crippen LogP contribution >= 0.6 is 23.2 Å². The van der Waals surface area contributed by atoms with Crippen LogP contribution in [0.15, 0.2) is 60.7 Å². The molecule has 0 aromatic heterocycles. The molecular formula is C36H38Cl2O10. The Morgan fingerprint density at radius 2 is 1.17 bits per heavy atom. The second-order valence-electron chi connectivity index (χ2n) is 11.6. The van der Waals surface area contributed by atoms with Crippen LogP contribution in [0.2, 0.25) is 10.0 Å². The lowest BCUT2D eigenvalue weighted by Gasteiger charge is -2.26. The highest BCUT2D eigenvalue weighted by Gasteiger charge is 2.33. The number of hydrogen-bond donors (Lipinski definition) is 0. The Labute approximate surface area is 289 Å². The minimum Gasteiger partial charge on any atom is -0.462 e. The van der Waals surface area contributed by atoms with E-state index in [9.17, 15) is 28.8 Å². The average Bonchev–Trinajstić information content (AvgIpc) is 3.05. The molecule has 2 aromatic carbocycles. The van der Waals surface area contributed by atoms with E-state index < -0.39 is 41.5 Å².